The molecule has 1 heterocycles. The van der Waals surface area contributed by atoms with Crippen molar-refractivity contribution in [1.29, 1.82) is 0 Å². The van der Waals surface area contributed by atoms with Gasteiger partial charge >= 0.3 is 0 Å². The van der Waals surface area contributed by atoms with E-state index in [0.29, 0.717) is 11.8 Å². The summed E-state index contributed by atoms with van der Waals surface area (Å²) in [6, 6.07) is 14.5. The monoisotopic (exact) mass is 210 g/mol. The van der Waals surface area contributed by atoms with Crippen LogP contribution in [0.1, 0.15) is 23.7 Å². The molecule has 0 bridgehead atoms. The lowest BCUT2D eigenvalue weighted by Crippen LogP contribution is -1.86. The molecule has 0 amide bonds. The van der Waals surface area contributed by atoms with E-state index < -0.39 is 0 Å². The van der Waals surface area contributed by atoms with Gasteiger partial charge in [-0.25, -0.2) is 0 Å². The second-order valence-electron chi connectivity index (χ2n) is 4.36. The zero-order valence-electron chi connectivity index (χ0n) is 9.10. The first kappa shape index (κ1) is 9.46. The van der Waals surface area contributed by atoms with Gasteiger partial charge in [-0.05, 0) is 41.5 Å². The van der Waals surface area contributed by atoms with Crippen LogP contribution in [-0.2, 0) is 0 Å². The van der Waals surface area contributed by atoms with E-state index >= 15 is 0 Å². The molecule has 1 aliphatic carbocycles. The van der Waals surface area contributed by atoms with Crippen molar-refractivity contribution in [1.82, 2.24) is 0 Å². The molecule has 0 radical (unpaired) electrons. The Morgan fingerprint density at radius 2 is 1.94 bits per heavy atom. The van der Waals surface area contributed by atoms with Gasteiger partial charge in [0.25, 0.3) is 0 Å². The Morgan fingerprint density at radius 3 is 2.62 bits per heavy atom. The minimum absolute atomic E-state index is 0.563. The summed E-state index contributed by atoms with van der Waals surface area (Å²) in [5.41, 5.74) is 2.55. The lowest BCUT2D eigenvalue weighted by molar-refractivity contribution is 0.549. The third kappa shape index (κ3) is 1.58. The van der Waals surface area contributed by atoms with Crippen LogP contribution in [0.15, 0.2) is 59.7 Å². The summed E-state index contributed by atoms with van der Waals surface area (Å²) in [5, 5.41) is 0. The second-order valence-corrected chi connectivity index (χ2v) is 4.36. The minimum atomic E-state index is 0.563. The molecule has 3 rings (SSSR count). The molecule has 0 saturated heterocycles. The van der Waals surface area contributed by atoms with Crippen LogP contribution >= 0.6 is 0 Å². The quantitative estimate of drug-likeness (QED) is 0.743. The van der Waals surface area contributed by atoms with Crippen molar-refractivity contribution in [3.63, 3.8) is 0 Å². The third-order valence-electron chi connectivity index (χ3n) is 3.30. The van der Waals surface area contributed by atoms with E-state index in [0.717, 1.165) is 11.3 Å². The molecule has 1 aromatic carbocycles. The lowest BCUT2D eigenvalue weighted by atomic mass is 10.0. The molecule has 0 spiro atoms. The van der Waals surface area contributed by atoms with Crippen LogP contribution in [0.25, 0.3) is 5.57 Å². The van der Waals surface area contributed by atoms with E-state index in [1.165, 1.54) is 12.0 Å². The van der Waals surface area contributed by atoms with Crippen LogP contribution in [0.3, 0.4) is 0 Å². The van der Waals surface area contributed by atoms with E-state index in [2.05, 4.69) is 36.9 Å². The number of hydrogen-bond donors (Lipinski definition) is 0. The van der Waals surface area contributed by atoms with Crippen LogP contribution in [0, 0.1) is 5.92 Å². The summed E-state index contributed by atoms with van der Waals surface area (Å²) >= 11 is 0. The molecule has 1 aromatic heterocycles. The number of allylic oxidation sites excluding steroid dienone is 1. The molecule has 0 N–H and O–H groups in total. The molecule has 1 nitrogen and oxygen atoms in total. The van der Waals surface area contributed by atoms with Crippen molar-refractivity contribution in [3.8, 4) is 0 Å². The maximum absolute atomic E-state index is 5.38. The first-order chi connectivity index (χ1) is 7.86. The zero-order valence-corrected chi connectivity index (χ0v) is 9.10. The Bertz CT molecular complexity index is 481. The molecule has 1 aliphatic rings. The van der Waals surface area contributed by atoms with Crippen molar-refractivity contribution >= 4 is 5.57 Å². The fourth-order valence-corrected chi connectivity index (χ4v) is 2.29. The molecular formula is C15H14O. The highest BCUT2D eigenvalue weighted by atomic mass is 16.3. The van der Waals surface area contributed by atoms with Gasteiger partial charge in [0.05, 0.1) is 6.26 Å². The summed E-state index contributed by atoms with van der Waals surface area (Å²) in [5.74, 6) is 2.13. The van der Waals surface area contributed by atoms with Gasteiger partial charge in [-0.2, -0.15) is 0 Å². The Hall–Kier alpha value is -1.76. The van der Waals surface area contributed by atoms with E-state index in [-0.39, 0.29) is 0 Å². The van der Waals surface area contributed by atoms with Gasteiger partial charge in [-0.15, -0.1) is 0 Å². The first-order valence-electron chi connectivity index (χ1n) is 5.64. The average Bonchev–Trinajstić information content (AvgIpc) is 2.95. The average molecular weight is 210 g/mol. The number of benzene rings is 1. The van der Waals surface area contributed by atoms with E-state index in [1.807, 2.05) is 12.1 Å². The van der Waals surface area contributed by atoms with E-state index in [1.54, 1.807) is 6.26 Å². The molecule has 0 unspecified atom stereocenters. The fraction of sp³-hybridized carbons (Fsp3) is 0.200. The highest BCUT2D eigenvalue weighted by molar-refractivity contribution is 5.65. The topological polar surface area (TPSA) is 13.1 Å². The standard InChI is InChI=1S/C15H14O/c1-11(15-8-5-9-16-15)13-10-14(13)12-6-3-2-4-7-12/h2-9,13-14H,1,10H2/t13-,14-/m1/s1. The van der Waals surface area contributed by atoms with Gasteiger partial charge in [-0.1, -0.05) is 36.9 Å². The van der Waals surface area contributed by atoms with Crippen LogP contribution in [0.4, 0.5) is 0 Å². The molecule has 2 aromatic rings. The molecule has 1 heteroatoms. The Labute approximate surface area is 95.4 Å². The normalized spacial score (nSPS) is 23.0. The van der Waals surface area contributed by atoms with Gasteiger partial charge in [0, 0.05) is 0 Å². The van der Waals surface area contributed by atoms with Crippen LogP contribution in [-0.4, -0.2) is 0 Å². The smallest absolute Gasteiger partial charge is 0.129 e. The van der Waals surface area contributed by atoms with Crippen molar-refractivity contribution < 1.29 is 4.42 Å². The highest BCUT2D eigenvalue weighted by Gasteiger charge is 2.41. The molecule has 1 fully saturated rings. The maximum Gasteiger partial charge on any atom is 0.129 e. The summed E-state index contributed by atoms with van der Waals surface area (Å²) in [7, 11) is 0. The second kappa shape index (κ2) is 3.67. The summed E-state index contributed by atoms with van der Waals surface area (Å²) < 4.78 is 5.38. The SMILES string of the molecule is C=C(c1ccco1)[C@H]1C[C@@H]1c1ccccc1. The van der Waals surface area contributed by atoms with Gasteiger partial charge in [0.1, 0.15) is 5.76 Å². The fourth-order valence-electron chi connectivity index (χ4n) is 2.29. The van der Waals surface area contributed by atoms with Gasteiger partial charge in [0.2, 0.25) is 0 Å². The third-order valence-corrected chi connectivity index (χ3v) is 3.30. The van der Waals surface area contributed by atoms with Crippen molar-refractivity contribution in [2.45, 2.75) is 12.3 Å². The Kier molecular flexibility index (Phi) is 2.17. The van der Waals surface area contributed by atoms with Crippen molar-refractivity contribution in [2.24, 2.45) is 5.92 Å². The number of hydrogen-bond acceptors (Lipinski definition) is 1. The zero-order chi connectivity index (χ0) is 11.0. The summed E-state index contributed by atoms with van der Waals surface area (Å²) in [6.07, 6.45) is 2.91. The minimum Gasteiger partial charge on any atom is -0.465 e. The van der Waals surface area contributed by atoms with Crippen molar-refractivity contribution in [3.05, 3.63) is 66.6 Å². The highest BCUT2D eigenvalue weighted by Crippen LogP contribution is 2.53. The number of furan rings is 1. The predicted molar refractivity (Wildman–Crippen MR) is 65.0 cm³/mol. The lowest BCUT2D eigenvalue weighted by Gasteiger charge is -2.01. The maximum atomic E-state index is 5.38. The molecule has 2 atom stereocenters. The van der Waals surface area contributed by atoms with Gasteiger partial charge < -0.3 is 4.42 Å². The van der Waals surface area contributed by atoms with Crippen LogP contribution in [0.2, 0.25) is 0 Å². The summed E-state index contributed by atoms with van der Waals surface area (Å²) in [6.45, 7) is 4.14. The van der Waals surface area contributed by atoms with Crippen molar-refractivity contribution in [2.75, 3.05) is 0 Å². The largest absolute Gasteiger partial charge is 0.465 e. The molecule has 1 saturated carbocycles. The molecule has 16 heavy (non-hydrogen) atoms. The predicted octanol–water partition coefficient (Wildman–Crippen LogP) is 4.10. The molecule has 0 aliphatic heterocycles. The Morgan fingerprint density at radius 1 is 1.12 bits per heavy atom. The number of rotatable bonds is 3. The Balaban J connectivity index is 1.75. The van der Waals surface area contributed by atoms with Crippen LogP contribution < -0.4 is 0 Å². The molecular weight excluding hydrogens is 196 g/mol. The molecule has 80 valence electrons. The van der Waals surface area contributed by atoms with Gasteiger partial charge in [0.15, 0.2) is 0 Å². The van der Waals surface area contributed by atoms with E-state index in [9.17, 15) is 0 Å². The van der Waals surface area contributed by atoms with Crippen LogP contribution in [0.5, 0.6) is 0 Å². The van der Waals surface area contributed by atoms with Gasteiger partial charge in [-0.3, -0.25) is 0 Å². The first-order valence-corrected chi connectivity index (χ1v) is 5.64. The summed E-state index contributed by atoms with van der Waals surface area (Å²) in [4.78, 5) is 0. The van der Waals surface area contributed by atoms with E-state index in [4.69, 9.17) is 4.42 Å².